The van der Waals surface area contributed by atoms with Crippen molar-refractivity contribution in [2.75, 3.05) is 19.7 Å². The highest BCUT2D eigenvalue weighted by molar-refractivity contribution is 6.43. The van der Waals surface area contributed by atoms with Gasteiger partial charge in [-0.05, 0) is 6.07 Å². The highest BCUT2D eigenvalue weighted by Gasteiger charge is 2.09. The molecule has 2 N–H and O–H groups in total. The summed E-state index contributed by atoms with van der Waals surface area (Å²) >= 11 is 17.5. The Hall–Kier alpha value is -1.17. The molecule has 0 aromatic heterocycles. The third-order valence-corrected chi connectivity index (χ3v) is 3.17. The third-order valence-electron chi connectivity index (χ3n) is 2.15. The molecule has 20 heavy (non-hydrogen) atoms. The van der Waals surface area contributed by atoms with E-state index in [9.17, 15) is 9.59 Å². The zero-order valence-corrected chi connectivity index (χ0v) is 12.9. The molecule has 0 bridgehead atoms. The Balaban J connectivity index is 2.37. The number of nitrogens with one attached hydrogen (secondary N) is 2. The van der Waals surface area contributed by atoms with E-state index >= 15 is 0 Å². The van der Waals surface area contributed by atoms with Crippen molar-refractivity contribution >= 4 is 46.6 Å². The van der Waals surface area contributed by atoms with E-state index in [1.165, 1.54) is 19.1 Å². The number of hydrogen-bond donors (Lipinski definition) is 2. The largest absolute Gasteiger partial charge is 0.482 e. The fourth-order valence-electron chi connectivity index (χ4n) is 1.25. The molecule has 0 aliphatic heterocycles. The van der Waals surface area contributed by atoms with E-state index < -0.39 is 0 Å². The molecular formula is C12H13Cl3N2O3. The maximum absolute atomic E-state index is 11.5. The number of carbonyl (C=O) groups is 2. The van der Waals surface area contributed by atoms with Crippen molar-refractivity contribution in [2.45, 2.75) is 6.92 Å². The Morgan fingerprint density at radius 3 is 2.30 bits per heavy atom. The zero-order chi connectivity index (χ0) is 15.1. The fourth-order valence-corrected chi connectivity index (χ4v) is 1.84. The molecule has 0 fully saturated rings. The van der Waals surface area contributed by atoms with Crippen LogP contribution in [-0.4, -0.2) is 31.5 Å². The average Bonchev–Trinajstić information content (AvgIpc) is 2.37. The number of amides is 2. The van der Waals surface area contributed by atoms with Crippen LogP contribution in [0.3, 0.4) is 0 Å². The second-order valence-electron chi connectivity index (χ2n) is 3.82. The first kappa shape index (κ1) is 16.9. The van der Waals surface area contributed by atoms with Gasteiger partial charge in [0.2, 0.25) is 5.91 Å². The standard InChI is InChI=1S/C12H13Cl3N2O3/c1-7(18)16-2-3-17-12(19)6-20-11-5-9(14)8(13)4-10(11)15/h4-5H,2-3,6H2,1H3,(H,16,18)(H,17,19). The molecule has 0 radical (unpaired) electrons. The maximum Gasteiger partial charge on any atom is 0.258 e. The monoisotopic (exact) mass is 338 g/mol. The van der Waals surface area contributed by atoms with Crippen LogP contribution in [0.25, 0.3) is 0 Å². The Morgan fingerprint density at radius 2 is 1.65 bits per heavy atom. The highest BCUT2D eigenvalue weighted by atomic mass is 35.5. The van der Waals surface area contributed by atoms with Gasteiger partial charge in [-0.2, -0.15) is 0 Å². The van der Waals surface area contributed by atoms with Crippen LogP contribution in [-0.2, 0) is 9.59 Å². The lowest BCUT2D eigenvalue weighted by Crippen LogP contribution is -2.36. The van der Waals surface area contributed by atoms with Gasteiger partial charge in [0.25, 0.3) is 5.91 Å². The van der Waals surface area contributed by atoms with Gasteiger partial charge in [-0.3, -0.25) is 9.59 Å². The van der Waals surface area contributed by atoms with Gasteiger partial charge in [0.15, 0.2) is 6.61 Å². The van der Waals surface area contributed by atoms with Crippen molar-refractivity contribution in [3.63, 3.8) is 0 Å². The third kappa shape index (κ3) is 5.86. The molecular weight excluding hydrogens is 327 g/mol. The summed E-state index contributed by atoms with van der Waals surface area (Å²) in [7, 11) is 0. The van der Waals surface area contributed by atoms with Crippen molar-refractivity contribution in [3.8, 4) is 5.75 Å². The predicted octanol–water partition coefficient (Wildman–Crippen LogP) is 2.28. The van der Waals surface area contributed by atoms with Crippen LogP contribution in [0.4, 0.5) is 0 Å². The lowest BCUT2D eigenvalue weighted by atomic mass is 10.3. The molecule has 1 aromatic rings. The smallest absolute Gasteiger partial charge is 0.258 e. The molecule has 0 atom stereocenters. The summed E-state index contributed by atoms with van der Waals surface area (Å²) in [6, 6.07) is 2.88. The molecule has 110 valence electrons. The van der Waals surface area contributed by atoms with E-state index in [4.69, 9.17) is 39.5 Å². The first-order valence-electron chi connectivity index (χ1n) is 5.68. The first-order valence-corrected chi connectivity index (χ1v) is 6.82. The Morgan fingerprint density at radius 1 is 1.05 bits per heavy atom. The summed E-state index contributed by atoms with van der Waals surface area (Å²) in [5, 5.41) is 5.99. The molecule has 0 aliphatic carbocycles. The minimum Gasteiger partial charge on any atom is -0.482 e. The number of ether oxygens (including phenoxy) is 1. The zero-order valence-electron chi connectivity index (χ0n) is 10.6. The second-order valence-corrected chi connectivity index (χ2v) is 5.04. The van der Waals surface area contributed by atoms with Crippen LogP contribution in [0.2, 0.25) is 15.1 Å². The van der Waals surface area contributed by atoms with Crippen molar-refractivity contribution < 1.29 is 14.3 Å². The Bertz CT molecular complexity index is 509. The summed E-state index contributed by atoms with van der Waals surface area (Å²) in [5.41, 5.74) is 0. The predicted molar refractivity (Wildman–Crippen MR) is 78.7 cm³/mol. The number of hydrogen-bond acceptors (Lipinski definition) is 3. The number of benzene rings is 1. The van der Waals surface area contributed by atoms with Crippen molar-refractivity contribution in [3.05, 3.63) is 27.2 Å². The molecule has 1 aromatic carbocycles. The quantitative estimate of drug-likeness (QED) is 0.617. The van der Waals surface area contributed by atoms with Gasteiger partial charge in [-0.15, -0.1) is 0 Å². The molecule has 0 unspecified atom stereocenters. The van der Waals surface area contributed by atoms with Gasteiger partial charge in [-0.25, -0.2) is 0 Å². The second kappa shape index (κ2) is 8.19. The normalized spacial score (nSPS) is 10.0. The first-order chi connectivity index (χ1) is 9.40. The van der Waals surface area contributed by atoms with Crippen molar-refractivity contribution in [1.29, 1.82) is 0 Å². The molecule has 0 aliphatic rings. The van der Waals surface area contributed by atoms with Crippen molar-refractivity contribution in [1.82, 2.24) is 10.6 Å². The minimum atomic E-state index is -0.336. The molecule has 2 amide bonds. The van der Waals surface area contributed by atoms with Crippen LogP contribution >= 0.6 is 34.8 Å². The van der Waals surface area contributed by atoms with E-state index in [1.54, 1.807) is 0 Å². The van der Waals surface area contributed by atoms with Crippen LogP contribution < -0.4 is 15.4 Å². The number of halogens is 3. The van der Waals surface area contributed by atoms with Crippen molar-refractivity contribution in [2.24, 2.45) is 0 Å². The Kier molecular flexibility index (Phi) is 6.91. The summed E-state index contributed by atoms with van der Waals surface area (Å²) < 4.78 is 5.24. The summed E-state index contributed by atoms with van der Waals surface area (Å²) in [6.07, 6.45) is 0. The van der Waals surface area contributed by atoms with Gasteiger partial charge in [0, 0.05) is 26.1 Å². The average molecular weight is 340 g/mol. The van der Waals surface area contributed by atoms with Gasteiger partial charge in [-0.1, -0.05) is 34.8 Å². The molecule has 5 nitrogen and oxygen atoms in total. The number of rotatable bonds is 6. The highest BCUT2D eigenvalue weighted by Crippen LogP contribution is 2.33. The lowest BCUT2D eigenvalue weighted by Gasteiger charge is -2.10. The molecule has 0 heterocycles. The van der Waals surface area contributed by atoms with E-state index in [-0.39, 0.29) is 34.2 Å². The summed E-state index contributed by atoms with van der Waals surface area (Å²) in [5.74, 6) is -0.214. The number of carbonyl (C=O) groups excluding carboxylic acids is 2. The molecule has 0 spiro atoms. The fraction of sp³-hybridized carbons (Fsp3) is 0.333. The van der Waals surface area contributed by atoms with Gasteiger partial charge in [0.05, 0.1) is 15.1 Å². The maximum atomic E-state index is 11.5. The van der Waals surface area contributed by atoms with Gasteiger partial charge < -0.3 is 15.4 Å². The van der Waals surface area contributed by atoms with Gasteiger partial charge in [0.1, 0.15) is 5.75 Å². The van der Waals surface area contributed by atoms with E-state index in [0.717, 1.165) is 0 Å². The van der Waals surface area contributed by atoms with E-state index in [1.807, 2.05) is 0 Å². The van der Waals surface area contributed by atoms with Crippen LogP contribution in [0, 0.1) is 0 Å². The molecule has 1 rings (SSSR count). The van der Waals surface area contributed by atoms with Crippen LogP contribution in [0.1, 0.15) is 6.92 Å². The summed E-state index contributed by atoms with van der Waals surface area (Å²) in [4.78, 5) is 22.1. The summed E-state index contributed by atoms with van der Waals surface area (Å²) in [6.45, 7) is 1.86. The SMILES string of the molecule is CC(=O)NCCNC(=O)COc1cc(Cl)c(Cl)cc1Cl. The lowest BCUT2D eigenvalue weighted by molar-refractivity contribution is -0.123. The minimum absolute atomic E-state index is 0.155. The molecule has 0 saturated carbocycles. The van der Waals surface area contributed by atoms with Gasteiger partial charge >= 0.3 is 0 Å². The van der Waals surface area contributed by atoms with E-state index in [2.05, 4.69) is 10.6 Å². The Labute approximate surface area is 131 Å². The molecule has 8 heteroatoms. The van der Waals surface area contributed by atoms with E-state index in [0.29, 0.717) is 18.1 Å². The van der Waals surface area contributed by atoms with Crippen LogP contribution in [0.5, 0.6) is 5.75 Å². The van der Waals surface area contributed by atoms with Crippen LogP contribution in [0.15, 0.2) is 12.1 Å². The molecule has 0 saturated heterocycles. The topological polar surface area (TPSA) is 67.4 Å².